The third-order valence-corrected chi connectivity index (χ3v) is 3.11. The van der Waals surface area contributed by atoms with Crippen LogP contribution in [0.5, 0.6) is 0 Å². The van der Waals surface area contributed by atoms with Crippen LogP contribution in [0.2, 0.25) is 0 Å². The number of hydrogen-bond acceptors (Lipinski definition) is 5. The van der Waals surface area contributed by atoms with Crippen LogP contribution in [0.15, 0.2) is 65.6 Å². The van der Waals surface area contributed by atoms with Crippen molar-refractivity contribution in [2.24, 2.45) is 11.5 Å². The van der Waals surface area contributed by atoms with E-state index in [1.165, 1.54) is 4.90 Å². The van der Waals surface area contributed by atoms with Gasteiger partial charge < -0.3 is 35.9 Å². The van der Waals surface area contributed by atoms with Gasteiger partial charge in [0.1, 0.15) is 0 Å². The average molecular weight is 460 g/mol. The van der Waals surface area contributed by atoms with E-state index >= 15 is 0 Å². The molecule has 2 aromatic carbocycles. The van der Waals surface area contributed by atoms with Gasteiger partial charge in [0.2, 0.25) is 0 Å². The smallest absolute Gasteiger partial charge is 0.870 e. The molecule has 7 N–H and O–H groups in total. The Morgan fingerprint density at radius 1 is 0.885 bits per heavy atom. The Bertz CT molecular complexity index is 383. The summed E-state index contributed by atoms with van der Waals surface area (Å²) in [6.07, 6.45) is 0. The quantitative estimate of drug-likeness (QED) is 0.123. The van der Waals surface area contributed by atoms with Gasteiger partial charge in [-0.25, -0.2) is 0 Å². The minimum absolute atomic E-state index is 0. The average Bonchev–Trinajstić information content (AvgIpc) is 2.56. The zero-order chi connectivity index (χ0) is 14.9. The van der Waals surface area contributed by atoms with E-state index in [-0.39, 0.29) is 96.0 Å². The first-order chi connectivity index (χ1) is 9.85. The van der Waals surface area contributed by atoms with E-state index in [2.05, 4.69) is 18.2 Å². The Kier molecular flexibility index (Phi) is 72.6. The van der Waals surface area contributed by atoms with Crippen molar-refractivity contribution in [2.75, 3.05) is 24.7 Å². The molecule has 4 nitrogen and oxygen atoms in total. The fourth-order valence-corrected chi connectivity index (χ4v) is 1.74. The monoisotopic (exact) mass is 459 g/mol. The maximum atomic E-state index is 5.36. The molecule has 0 heterocycles. The molecule has 0 fully saturated rings. The maximum Gasteiger partial charge on any atom is 1.00 e. The molecule has 0 atom stereocenters. The SMILES string of the molecule is Cl.NCCCl.NCCSc1ccccc1.O.[Na+].[Na+].[OH-].[SH-].[c-]1ccccc1. The van der Waals surface area contributed by atoms with Gasteiger partial charge in [-0.3, -0.25) is 0 Å². The Hall–Kier alpha value is 1.56. The number of hydrogen-bond donors (Lipinski definition) is 2. The van der Waals surface area contributed by atoms with Crippen LogP contribution in [0.1, 0.15) is 0 Å². The van der Waals surface area contributed by atoms with Crippen LogP contribution in [0, 0.1) is 6.07 Å². The molecule has 0 spiro atoms. The molecule has 0 unspecified atom stereocenters. The van der Waals surface area contributed by atoms with Crippen molar-refractivity contribution in [2.45, 2.75) is 4.90 Å². The largest absolute Gasteiger partial charge is 1.00 e. The van der Waals surface area contributed by atoms with Crippen molar-refractivity contribution >= 4 is 49.3 Å². The van der Waals surface area contributed by atoms with Crippen LogP contribution < -0.4 is 70.6 Å². The van der Waals surface area contributed by atoms with Crippen molar-refractivity contribution in [3.05, 3.63) is 66.7 Å². The Morgan fingerprint density at radius 3 is 1.58 bits per heavy atom. The number of halogens is 2. The fraction of sp³-hybridized carbons (Fsp3) is 0.250. The van der Waals surface area contributed by atoms with Crippen LogP contribution in [0.3, 0.4) is 0 Å². The van der Waals surface area contributed by atoms with Crippen LogP contribution in [0.4, 0.5) is 0 Å². The molecule has 142 valence electrons. The van der Waals surface area contributed by atoms with Gasteiger partial charge in [-0.15, -0.1) is 35.8 Å². The molecule has 0 saturated carbocycles. The summed E-state index contributed by atoms with van der Waals surface area (Å²) in [7, 11) is 0. The Labute approximate surface area is 224 Å². The molecular weight excluding hydrogens is 433 g/mol. The molecule has 0 bridgehead atoms. The number of alkyl halides is 1. The predicted octanol–water partition coefficient (Wildman–Crippen LogP) is -3.43. The van der Waals surface area contributed by atoms with Gasteiger partial charge in [-0.2, -0.15) is 36.4 Å². The number of rotatable bonds is 4. The van der Waals surface area contributed by atoms with E-state index in [0.717, 1.165) is 12.3 Å². The molecular formula is C16H27Cl2N2Na2O2S2-. The van der Waals surface area contributed by atoms with Crippen molar-refractivity contribution in [1.82, 2.24) is 0 Å². The molecule has 0 amide bonds. The fourth-order valence-electron chi connectivity index (χ4n) is 1.04. The minimum Gasteiger partial charge on any atom is -0.870 e. The van der Waals surface area contributed by atoms with Crippen molar-refractivity contribution in [3.63, 3.8) is 0 Å². The number of nitrogens with two attached hydrogens (primary N) is 2. The topological polar surface area (TPSA) is 114 Å². The van der Waals surface area contributed by atoms with Crippen molar-refractivity contribution in [3.8, 4) is 0 Å². The zero-order valence-electron chi connectivity index (χ0n) is 15.3. The molecule has 0 aliphatic heterocycles. The molecule has 0 radical (unpaired) electrons. The van der Waals surface area contributed by atoms with E-state index in [1.54, 1.807) is 11.8 Å². The van der Waals surface area contributed by atoms with E-state index in [1.807, 2.05) is 48.5 Å². The van der Waals surface area contributed by atoms with Gasteiger partial charge in [0, 0.05) is 29.6 Å². The maximum absolute atomic E-state index is 5.36. The molecule has 0 saturated heterocycles. The first-order valence-electron chi connectivity index (χ1n) is 6.40. The molecule has 10 heteroatoms. The normalized spacial score (nSPS) is 6.73. The van der Waals surface area contributed by atoms with Gasteiger partial charge in [0.25, 0.3) is 0 Å². The number of benzene rings is 2. The van der Waals surface area contributed by atoms with Gasteiger partial charge in [-0.05, 0) is 12.1 Å². The molecule has 0 aliphatic rings. The summed E-state index contributed by atoms with van der Waals surface area (Å²) < 4.78 is 0. The molecule has 0 aromatic heterocycles. The number of thiol groups is 1. The van der Waals surface area contributed by atoms with Crippen LogP contribution in [-0.4, -0.2) is 35.7 Å². The standard InChI is InChI=1S/C8H11NS.C6H5.C2H6ClN.ClH.2Na.2H2O.H2S/c9-6-7-10-8-4-2-1-3-5-8;1-2-4-6-5-3-1;3-1-2-4;;;;;;/h1-5H,6-7,9H2;1-5H;1-2,4H2;1H;;;3*1H2/q;-1;;;2*+1;;;/p-2. The first-order valence-corrected chi connectivity index (χ1v) is 7.92. The zero-order valence-corrected chi connectivity index (χ0v) is 22.6. The Balaban J connectivity index is -0.0000000403. The van der Waals surface area contributed by atoms with Gasteiger partial charge >= 0.3 is 59.1 Å². The van der Waals surface area contributed by atoms with Gasteiger partial charge in [0.15, 0.2) is 0 Å². The predicted molar refractivity (Wildman–Crippen MR) is 113 cm³/mol. The van der Waals surface area contributed by atoms with Crippen LogP contribution >= 0.6 is 35.8 Å². The minimum atomic E-state index is 0. The summed E-state index contributed by atoms with van der Waals surface area (Å²) in [4.78, 5) is 1.30. The second-order valence-electron chi connectivity index (χ2n) is 3.51. The van der Waals surface area contributed by atoms with E-state index in [4.69, 9.17) is 23.1 Å². The second kappa shape index (κ2) is 41.0. The summed E-state index contributed by atoms with van der Waals surface area (Å²) in [5.74, 6) is 1.57. The van der Waals surface area contributed by atoms with Crippen molar-refractivity contribution < 1.29 is 70.1 Å². The van der Waals surface area contributed by atoms with Gasteiger partial charge in [0.05, 0.1) is 0 Å². The third-order valence-electron chi connectivity index (χ3n) is 1.85. The van der Waals surface area contributed by atoms with Crippen molar-refractivity contribution in [1.29, 1.82) is 0 Å². The summed E-state index contributed by atoms with van der Waals surface area (Å²) >= 11 is 6.86. The van der Waals surface area contributed by atoms with E-state index in [9.17, 15) is 0 Å². The number of thioether (sulfide) groups is 1. The molecule has 26 heavy (non-hydrogen) atoms. The van der Waals surface area contributed by atoms with Crippen LogP contribution in [-0.2, 0) is 13.5 Å². The van der Waals surface area contributed by atoms with Gasteiger partial charge in [-0.1, -0.05) is 18.2 Å². The first kappa shape index (κ1) is 46.0. The van der Waals surface area contributed by atoms with E-state index < -0.39 is 0 Å². The van der Waals surface area contributed by atoms with Crippen LogP contribution in [0.25, 0.3) is 0 Å². The summed E-state index contributed by atoms with van der Waals surface area (Å²) in [6, 6.07) is 22.8. The molecule has 0 aliphatic carbocycles. The molecule has 2 rings (SSSR count). The summed E-state index contributed by atoms with van der Waals surface area (Å²) in [5, 5.41) is 0. The molecule has 2 aromatic rings. The second-order valence-corrected chi connectivity index (χ2v) is 5.05. The Morgan fingerprint density at radius 2 is 1.31 bits per heavy atom. The summed E-state index contributed by atoms with van der Waals surface area (Å²) in [5.41, 5.74) is 10.3. The third kappa shape index (κ3) is 36.5. The summed E-state index contributed by atoms with van der Waals surface area (Å²) in [6.45, 7) is 1.33. The van der Waals surface area contributed by atoms with E-state index in [0.29, 0.717) is 12.4 Å².